The number of aliphatic hydroxyl groups is 1. The molecule has 0 spiro atoms. The van der Waals surface area contributed by atoms with Gasteiger partial charge in [0.1, 0.15) is 17.1 Å². The van der Waals surface area contributed by atoms with Crippen LogP contribution >= 0.6 is 11.6 Å². The fourth-order valence-corrected chi connectivity index (χ4v) is 6.87. The summed E-state index contributed by atoms with van der Waals surface area (Å²) in [6.45, 7) is 3.57. The summed E-state index contributed by atoms with van der Waals surface area (Å²) >= 11 is 6.15. The number of carboxylic acid groups (broad SMARTS) is 1. The van der Waals surface area contributed by atoms with Gasteiger partial charge in [0.05, 0.1) is 15.9 Å². The number of rotatable bonds is 14. The fourth-order valence-electron chi connectivity index (χ4n) is 5.37. The van der Waals surface area contributed by atoms with Crippen LogP contribution in [0.15, 0.2) is 131 Å². The first kappa shape index (κ1) is 33.9. The molecule has 1 atom stereocenters. The van der Waals surface area contributed by atoms with Crippen LogP contribution in [0.2, 0.25) is 5.02 Å². The van der Waals surface area contributed by atoms with Crippen molar-refractivity contribution in [2.45, 2.75) is 42.2 Å². The lowest BCUT2D eigenvalue weighted by Crippen LogP contribution is -2.30. The number of halogens is 1. The Balaban J connectivity index is 1.30. The second-order valence-electron chi connectivity index (χ2n) is 11.2. The largest absolute Gasteiger partial charge is 0.478 e. The number of para-hydroxylation sites is 1. The summed E-state index contributed by atoms with van der Waals surface area (Å²) in [7, 11) is -3.89. The molecule has 0 bridgehead atoms. The smallest absolute Gasteiger partial charge is 0.339 e. The van der Waals surface area contributed by atoms with Crippen LogP contribution in [0.4, 0.5) is 0 Å². The van der Waals surface area contributed by atoms with E-state index in [0.717, 1.165) is 16.7 Å². The Labute approximate surface area is 280 Å². The van der Waals surface area contributed by atoms with Gasteiger partial charge in [-0.05, 0) is 83.6 Å². The third kappa shape index (κ3) is 8.67. The van der Waals surface area contributed by atoms with Crippen molar-refractivity contribution in [3.05, 3.63) is 154 Å². The van der Waals surface area contributed by atoms with Gasteiger partial charge in [-0.3, -0.25) is 4.90 Å². The maximum atomic E-state index is 13.6. The Morgan fingerprint density at radius 2 is 1.55 bits per heavy atom. The molecule has 0 aliphatic carbocycles. The van der Waals surface area contributed by atoms with E-state index in [1.807, 2.05) is 49.4 Å². The molecule has 2 N–H and O–H groups in total. The number of carbonyl (C=O) groups is 1. The summed E-state index contributed by atoms with van der Waals surface area (Å²) in [6.07, 6.45) is 0.463. The van der Waals surface area contributed by atoms with Crippen molar-refractivity contribution in [1.29, 1.82) is 0 Å². The number of nitrogens with zero attached hydrogens (tertiary/aromatic N) is 1. The molecule has 9 heteroatoms. The van der Waals surface area contributed by atoms with E-state index in [9.17, 15) is 23.4 Å². The van der Waals surface area contributed by atoms with Crippen molar-refractivity contribution in [3.8, 4) is 11.5 Å². The minimum Gasteiger partial charge on any atom is -0.478 e. The zero-order chi connectivity index (χ0) is 33.4. The molecule has 0 fully saturated rings. The molecule has 47 heavy (non-hydrogen) atoms. The molecule has 0 aliphatic rings. The summed E-state index contributed by atoms with van der Waals surface area (Å²) in [4.78, 5) is 14.2. The lowest BCUT2D eigenvalue weighted by molar-refractivity contribution is 0.0694. The van der Waals surface area contributed by atoms with Crippen LogP contribution < -0.4 is 4.74 Å². The number of aromatic carboxylic acids is 1. The molecule has 5 rings (SSSR count). The van der Waals surface area contributed by atoms with Gasteiger partial charge < -0.3 is 14.9 Å². The Morgan fingerprint density at radius 3 is 2.26 bits per heavy atom. The van der Waals surface area contributed by atoms with Gasteiger partial charge in [0.2, 0.25) is 9.84 Å². The van der Waals surface area contributed by atoms with Crippen LogP contribution in [0.3, 0.4) is 0 Å². The zero-order valence-corrected chi connectivity index (χ0v) is 27.5. The van der Waals surface area contributed by atoms with E-state index in [2.05, 4.69) is 4.90 Å². The summed E-state index contributed by atoms with van der Waals surface area (Å²) in [5.41, 5.74) is 3.53. The number of aryl methyl sites for hydroxylation is 1. The van der Waals surface area contributed by atoms with Crippen molar-refractivity contribution in [2.75, 3.05) is 13.1 Å². The number of aliphatic hydroxyl groups excluding tert-OH is 1. The van der Waals surface area contributed by atoms with Crippen LogP contribution in [0.1, 0.15) is 45.6 Å². The molecule has 0 unspecified atom stereocenters. The molecular weight excluding hydrogens is 634 g/mol. The first-order chi connectivity index (χ1) is 22.6. The topological polar surface area (TPSA) is 104 Å². The number of benzene rings is 5. The van der Waals surface area contributed by atoms with Gasteiger partial charge in [-0.25, -0.2) is 13.2 Å². The number of ether oxygens (including phenoxy) is 1. The van der Waals surface area contributed by atoms with Crippen LogP contribution in [0, 0.1) is 0 Å². The van der Waals surface area contributed by atoms with Crippen molar-refractivity contribution in [2.24, 2.45) is 0 Å². The third-order valence-electron chi connectivity index (χ3n) is 7.91. The van der Waals surface area contributed by atoms with Gasteiger partial charge >= 0.3 is 5.97 Å². The van der Waals surface area contributed by atoms with Gasteiger partial charge in [0, 0.05) is 24.7 Å². The van der Waals surface area contributed by atoms with Gasteiger partial charge in [-0.2, -0.15) is 0 Å². The van der Waals surface area contributed by atoms with Gasteiger partial charge in [0.25, 0.3) is 0 Å². The minimum absolute atomic E-state index is 0.00880. The van der Waals surface area contributed by atoms with E-state index in [1.54, 1.807) is 60.7 Å². The number of hydrogen-bond acceptors (Lipinski definition) is 6. The molecule has 0 aliphatic heterocycles. The Morgan fingerprint density at radius 1 is 0.830 bits per heavy atom. The Hall–Kier alpha value is -4.47. The quantitative estimate of drug-likeness (QED) is 0.123. The van der Waals surface area contributed by atoms with Crippen molar-refractivity contribution < 1.29 is 28.2 Å². The molecule has 0 saturated heterocycles. The number of hydrogen-bond donors (Lipinski definition) is 2. The second kappa shape index (κ2) is 15.4. The highest BCUT2D eigenvalue weighted by atomic mass is 35.5. The van der Waals surface area contributed by atoms with Gasteiger partial charge in [0.15, 0.2) is 0 Å². The highest BCUT2D eigenvalue weighted by Gasteiger charge is 2.21. The first-order valence-electron chi connectivity index (χ1n) is 15.3. The lowest BCUT2D eigenvalue weighted by Gasteiger charge is -2.25. The van der Waals surface area contributed by atoms with E-state index in [-0.39, 0.29) is 26.9 Å². The van der Waals surface area contributed by atoms with Crippen molar-refractivity contribution >= 4 is 27.4 Å². The SMILES string of the molecule is CCc1cccc(C(=O)O)c1Oc1cccc(S(=O)(=O)c2ccc(CCN(Cc3ccccc3)C[C@H](O)c3cccc(Cl)c3)cc2)c1. The predicted octanol–water partition coefficient (Wildman–Crippen LogP) is 8.00. The van der Waals surface area contributed by atoms with Crippen molar-refractivity contribution in [1.82, 2.24) is 4.90 Å². The molecule has 5 aromatic rings. The highest BCUT2D eigenvalue weighted by molar-refractivity contribution is 7.91. The Bertz CT molecular complexity index is 1930. The standard InChI is InChI=1S/C38H36ClNO6S/c1-2-29-11-7-16-35(38(42)43)37(29)46-32-14-8-15-34(24-32)47(44,45)33-19-17-27(18-20-33)21-22-40(25-28-9-4-3-5-10-28)26-36(41)30-12-6-13-31(39)23-30/h3-20,23-24,36,41H,2,21-22,25-26H2,1H3,(H,42,43)/t36-/m0/s1. The molecule has 0 saturated carbocycles. The van der Waals surface area contributed by atoms with Gasteiger partial charge in [-0.1, -0.05) is 91.3 Å². The van der Waals surface area contributed by atoms with Crippen LogP contribution in [-0.4, -0.2) is 42.6 Å². The van der Waals surface area contributed by atoms with E-state index >= 15 is 0 Å². The first-order valence-corrected chi connectivity index (χ1v) is 17.2. The maximum Gasteiger partial charge on any atom is 0.339 e. The molecule has 0 heterocycles. The van der Waals surface area contributed by atoms with Crippen LogP contribution in [0.5, 0.6) is 11.5 Å². The molecule has 0 radical (unpaired) electrons. The third-order valence-corrected chi connectivity index (χ3v) is 9.91. The van der Waals surface area contributed by atoms with Crippen molar-refractivity contribution in [3.63, 3.8) is 0 Å². The summed E-state index contributed by atoms with van der Waals surface area (Å²) < 4.78 is 33.2. The fraction of sp³-hybridized carbons (Fsp3) is 0.184. The molecule has 242 valence electrons. The van der Waals surface area contributed by atoms with E-state index in [4.69, 9.17) is 16.3 Å². The van der Waals surface area contributed by atoms with E-state index in [0.29, 0.717) is 43.1 Å². The number of sulfone groups is 1. The molecule has 0 aromatic heterocycles. The average Bonchev–Trinajstić information content (AvgIpc) is 3.08. The average molecular weight is 670 g/mol. The maximum absolute atomic E-state index is 13.6. The second-order valence-corrected chi connectivity index (χ2v) is 13.6. The summed E-state index contributed by atoms with van der Waals surface area (Å²) in [5, 5.41) is 21.2. The molecule has 7 nitrogen and oxygen atoms in total. The number of carboxylic acids is 1. The lowest BCUT2D eigenvalue weighted by atomic mass is 10.1. The monoisotopic (exact) mass is 669 g/mol. The molecule has 0 amide bonds. The van der Waals surface area contributed by atoms with Crippen LogP contribution in [-0.2, 0) is 29.2 Å². The molecule has 5 aromatic carbocycles. The van der Waals surface area contributed by atoms with E-state index < -0.39 is 21.9 Å². The van der Waals surface area contributed by atoms with Crippen LogP contribution in [0.25, 0.3) is 0 Å². The molecular formula is C38H36ClNO6S. The zero-order valence-electron chi connectivity index (χ0n) is 25.9. The normalized spacial score (nSPS) is 12.2. The van der Waals surface area contributed by atoms with Gasteiger partial charge in [-0.15, -0.1) is 0 Å². The predicted molar refractivity (Wildman–Crippen MR) is 183 cm³/mol. The minimum atomic E-state index is -3.89. The summed E-state index contributed by atoms with van der Waals surface area (Å²) in [6, 6.07) is 35.0. The summed E-state index contributed by atoms with van der Waals surface area (Å²) in [5.74, 6) is -0.702. The Kier molecular flexibility index (Phi) is 11.1. The van der Waals surface area contributed by atoms with E-state index in [1.165, 1.54) is 18.2 Å². The highest BCUT2D eigenvalue weighted by Crippen LogP contribution is 2.32.